The lowest BCUT2D eigenvalue weighted by Crippen LogP contribution is -2.47. The van der Waals surface area contributed by atoms with Crippen molar-refractivity contribution in [2.24, 2.45) is 29.6 Å². The molecule has 0 aromatic rings. The van der Waals surface area contributed by atoms with Crippen molar-refractivity contribution in [3.05, 3.63) is 0 Å². The summed E-state index contributed by atoms with van der Waals surface area (Å²) in [5, 5.41) is 10.4. The molecule has 2 saturated carbocycles. The number of fused-ring (bicyclic) bond motifs is 1. The first kappa shape index (κ1) is 14.8. The molecule has 2 rings (SSSR count). The first-order chi connectivity index (χ1) is 8.85. The van der Waals surface area contributed by atoms with Gasteiger partial charge in [0.25, 0.3) is 0 Å². The molecule has 6 atom stereocenters. The number of aliphatic hydroxyl groups is 1. The van der Waals surface area contributed by atoms with Crippen LogP contribution in [0.2, 0.25) is 0 Å². The standard InChI is InChI=1S/C16H28O3/c1-10-5-6-13(11(2)15(17)19-4)14-9-16(3,18)8-7-12(10)14/h10-14,18H,5-9H2,1-4H3/t10-,11-,12+,13+,14+,16-/m1/s1. The number of esters is 1. The summed E-state index contributed by atoms with van der Waals surface area (Å²) in [6.45, 7) is 6.27. The Labute approximate surface area is 116 Å². The van der Waals surface area contributed by atoms with Gasteiger partial charge in [0.2, 0.25) is 0 Å². The van der Waals surface area contributed by atoms with Gasteiger partial charge in [0.15, 0.2) is 0 Å². The molecule has 0 aliphatic heterocycles. The van der Waals surface area contributed by atoms with Gasteiger partial charge < -0.3 is 9.84 Å². The molecular weight excluding hydrogens is 240 g/mol. The van der Waals surface area contributed by atoms with E-state index in [0.717, 1.165) is 31.6 Å². The number of methoxy groups -OCH3 is 1. The second kappa shape index (κ2) is 5.43. The maximum Gasteiger partial charge on any atom is 0.308 e. The number of rotatable bonds is 2. The first-order valence-electron chi connectivity index (χ1n) is 7.66. The van der Waals surface area contributed by atoms with Crippen LogP contribution in [0.15, 0.2) is 0 Å². The third kappa shape index (κ3) is 2.96. The molecule has 0 amide bonds. The van der Waals surface area contributed by atoms with E-state index in [4.69, 9.17) is 4.74 Å². The molecule has 3 heteroatoms. The molecule has 0 radical (unpaired) electrons. The van der Waals surface area contributed by atoms with Gasteiger partial charge in [-0.3, -0.25) is 4.79 Å². The lowest BCUT2D eigenvalue weighted by Gasteiger charge is -2.50. The molecule has 0 heterocycles. The zero-order valence-corrected chi connectivity index (χ0v) is 12.7. The van der Waals surface area contributed by atoms with Gasteiger partial charge in [0.1, 0.15) is 0 Å². The Balaban J connectivity index is 2.17. The van der Waals surface area contributed by atoms with Crippen LogP contribution in [0.3, 0.4) is 0 Å². The van der Waals surface area contributed by atoms with E-state index in [-0.39, 0.29) is 11.9 Å². The van der Waals surface area contributed by atoms with Gasteiger partial charge in [0.05, 0.1) is 18.6 Å². The molecule has 2 aliphatic carbocycles. The Hall–Kier alpha value is -0.570. The number of hydrogen-bond acceptors (Lipinski definition) is 3. The predicted octanol–water partition coefficient (Wildman–Crippen LogP) is 3.01. The van der Waals surface area contributed by atoms with Crippen molar-refractivity contribution in [1.82, 2.24) is 0 Å². The van der Waals surface area contributed by atoms with Crippen molar-refractivity contribution in [2.45, 2.75) is 58.5 Å². The molecule has 1 N–H and O–H groups in total. The maximum absolute atomic E-state index is 11.8. The number of carbonyl (C=O) groups excluding carboxylic acids is 1. The smallest absolute Gasteiger partial charge is 0.308 e. The average molecular weight is 268 g/mol. The Morgan fingerprint density at radius 1 is 1.32 bits per heavy atom. The van der Waals surface area contributed by atoms with Crippen LogP contribution in [-0.2, 0) is 9.53 Å². The molecule has 0 saturated heterocycles. The van der Waals surface area contributed by atoms with Crippen LogP contribution in [0, 0.1) is 29.6 Å². The third-order valence-corrected chi connectivity index (χ3v) is 5.69. The minimum absolute atomic E-state index is 0.0427. The van der Waals surface area contributed by atoms with Crippen LogP contribution in [-0.4, -0.2) is 23.8 Å². The zero-order chi connectivity index (χ0) is 14.2. The largest absolute Gasteiger partial charge is 0.469 e. The minimum atomic E-state index is -0.549. The van der Waals surface area contributed by atoms with Crippen molar-refractivity contribution < 1.29 is 14.6 Å². The van der Waals surface area contributed by atoms with Gasteiger partial charge in [-0.05, 0) is 56.3 Å². The Kier molecular flexibility index (Phi) is 4.24. The van der Waals surface area contributed by atoms with Crippen molar-refractivity contribution in [3.63, 3.8) is 0 Å². The van der Waals surface area contributed by atoms with E-state index in [9.17, 15) is 9.90 Å². The van der Waals surface area contributed by atoms with Crippen LogP contribution < -0.4 is 0 Å². The molecule has 0 unspecified atom stereocenters. The molecular formula is C16H28O3. The van der Waals surface area contributed by atoms with Crippen molar-refractivity contribution in [2.75, 3.05) is 7.11 Å². The summed E-state index contributed by atoms with van der Waals surface area (Å²) in [5.41, 5.74) is -0.549. The van der Waals surface area contributed by atoms with Gasteiger partial charge >= 0.3 is 5.97 Å². The molecule has 2 fully saturated rings. The van der Waals surface area contributed by atoms with Gasteiger partial charge in [-0.1, -0.05) is 20.3 Å². The average Bonchev–Trinajstić information content (AvgIpc) is 2.36. The highest BCUT2D eigenvalue weighted by molar-refractivity contribution is 5.72. The summed E-state index contributed by atoms with van der Waals surface area (Å²) in [4.78, 5) is 11.8. The summed E-state index contributed by atoms with van der Waals surface area (Å²) in [5.74, 6) is 2.11. The second-order valence-electron chi connectivity index (χ2n) is 7.10. The Morgan fingerprint density at radius 2 is 2.00 bits per heavy atom. The van der Waals surface area contributed by atoms with Crippen LogP contribution in [0.4, 0.5) is 0 Å². The highest BCUT2D eigenvalue weighted by Gasteiger charge is 2.47. The maximum atomic E-state index is 11.8. The monoisotopic (exact) mass is 268 g/mol. The molecule has 0 aromatic heterocycles. The lowest BCUT2D eigenvalue weighted by molar-refractivity contribution is -0.151. The number of carbonyl (C=O) groups is 1. The van der Waals surface area contributed by atoms with E-state index in [1.807, 2.05) is 13.8 Å². The van der Waals surface area contributed by atoms with Gasteiger partial charge in [0, 0.05) is 0 Å². The van der Waals surface area contributed by atoms with Crippen molar-refractivity contribution in [3.8, 4) is 0 Å². The molecule has 19 heavy (non-hydrogen) atoms. The lowest BCUT2D eigenvalue weighted by atomic mass is 9.56. The second-order valence-corrected chi connectivity index (χ2v) is 7.10. The van der Waals surface area contributed by atoms with E-state index in [1.54, 1.807) is 0 Å². The first-order valence-corrected chi connectivity index (χ1v) is 7.66. The van der Waals surface area contributed by atoms with E-state index in [2.05, 4.69) is 6.92 Å². The van der Waals surface area contributed by atoms with E-state index in [1.165, 1.54) is 13.5 Å². The predicted molar refractivity (Wildman–Crippen MR) is 74.5 cm³/mol. The molecule has 0 spiro atoms. The fourth-order valence-corrected chi connectivity index (χ4v) is 4.49. The summed E-state index contributed by atoms with van der Waals surface area (Å²) in [7, 11) is 1.47. The van der Waals surface area contributed by atoms with Crippen molar-refractivity contribution in [1.29, 1.82) is 0 Å². The topological polar surface area (TPSA) is 46.5 Å². The SMILES string of the molecule is COC(=O)[C@H](C)[C@@H]1CC[C@@H](C)[C@@H]2CC[C@@](C)(O)C[C@@H]21. The third-order valence-electron chi connectivity index (χ3n) is 5.69. The van der Waals surface area contributed by atoms with Crippen LogP contribution in [0.5, 0.6) is 0 Å². The van der Waals surface area contributed by atoms with Gasteiger partial charge in [-0.15, -0.1) is 0 Å². The summed E-state index contributed by atoms with van der Waals surface area (Å²) in [6, 6.07) is 0. The van der Waals surface area contributed by atoms with E-state index >= 15 is 0 Å². The molecule has 3 nitrogen and oxygen atoms in total. The Bertz CT molecular complexity index is 337. The van der Waals surface area contributed by atoms with Crippen molar-refractivity contribution >= 4 is 5.97 Å². The Morgan fingerprint density at radius 3 is 2.63 bits per heavy atom. The van der Waals surface area contributed by atoms with Crippen LogP contribution >= 0.6 is 0 Å². The molecule has 2 aliphatic rings. The van der Waals surface area contributed by atoms with Gasteiger partial charge in [-0.25, -0.2) is 0 Å². The quantitative estimate of drug-likeness (QED) is 0.783. The fourth-order valence-electron chi connectivity index (χ4n) is 4.49. The fraction of sp³-hybridized carbons (Fsp3) is 0.938. The van der Waals surface area contributed by atoms with E-state index in [0.29, 0.717) is 17.8 Å². The highest BCUT2D eigenvalue weighted by Crippen LogP contribution is 2.51. The highest BCUT2D eigenvalue weighted by atomic mass is 16.5. The molecule has 110 valence electrons. The van der Waals surface area contributed by atoms with Crippen LogP contribution in [0.1, 0.15) is 52.9 Å². The summed E-state index contributed by atoms with van der Waals surface area (Å²) >= 11 is 0. The summed E-state index contributed by atoms with van der Waals surface area (Å²) < 4.78 is 4.92. The zero-order valence-electron chi connectivity index (χ0n) is 12.7. The molecule has 0 aromatic carbocycles. The normalized spacial score (nSPS) is 44.3. The minimum Gasteiger partial charge on any atom is -0.469 e. The number of hydrogen-bond donors (Lipinski definition) is 1. The summed E-state index contributed by atoms with van der Waals surface area (Å²) in [6.07, 6.45) is 5.14. The number of ether oxygens (including phenoxy) is 1. The van der Waals surface area contributed by atoms with Gasteiger partial charge in [-0.2, -0.15) is 0 Å². The van der Waals surface area contributed by atoms with E-state index < -0.39 is 5.60 Å². The molecule has 0 bridgehead atoms. The van der Waals surface area contributed by atoms with Crippen LogP contribution in [0.25, 0.3) is 0 Å².